The van der Waals surface area contributed by atoms with Gasteiger partial charge in [-0.3, -0.25) is 4.98 Å². The van der Waals surface area contributed by atoms with E-state index in [1.54, 1.807) is 15.6 Å². The Hall–Kier alpha value is -2.03. The van der Waals surface area contributed by atoms with Gasteiger partial charge in [0.1, 0.15) is 5.01 Å². The number of hydrogen-bond acceptors (Lipinski definition) is 6. The highest BCUT2D eigenvalue weighted by Crippen LogP contribution is 2.35. The lowest BCUT2D eigenvalue weighted by Gasteiger charge is -2.32. The summed E-state index contributed by atoms with van der Waals surface area (Å²) in [6.07, 6.45) is 8.87. The number of piperidine rings is 1. The topological polar surface area (TPSA) is 75.2 Å². The first-order chi connectivity index (χ1) is 14.0. The Balaban J connectivity index is 1.39. The number of nitrogens with zero attached hydrogens (tertiary/aromatic N) is 3. The number of benzene rings is 1. The van der Waals surface area contributed by atoms with Gasteiger partial charge in [0.05, 0.1) is 5.25 Å². The molecule has 0 spiro atoms. The third kappa shape index (κ3) is 3.76. The molecule has 1 aliphatic heterocycles. The minimum atomic E-state index is -3.07. The summed E-state index contributed by atoms with van der Waals surface area (Å²) in [7, 11) is -3.07. The van der Waals surface area contributed by atoms with Crippen molar-refractivity contribution in [2.45, 2.75) is 43.9 Å². The van der Waals surface area contributed by atoms with Gasteiger partial charge in [-0.15, -0.1) is 11.3 Å². The second-order valence-electron chi connectivity index (χ2n) is 7.96. The first kappa shape index (κ1) is 19.0. The van der Waals surface area contributed by atoms with Gasteiger partial charge in [-0.25, -0.2) is 17.7 Å². The third-order valence-electron chi connectivity index (χ3n) is 5.74. The van der Waals surface area contributed by atoms with Crippen LogP contribution in [0, 0.1) is 6.92 Å². The predicted molar refractivity (Wildman–Crippen MR) is 118 cm³/mol. The molecule has 3 heterocycles. The molecular formula is C21H24N4O2S2. The molecule has 0 atom stereocenters. The fourth-order valence-electron chi connectivity index (χ4n) is 3.98. The Morgan fingerprint density at radius 3 is 2.62 bits per heavy atom. The van der Waals surface area contributed by atoms with Crippen molar-refractivity contribution in [2.24, 2.45) is 0 Å². The van der Waals surface area contributed by atoms with Crippen LogP contribution >= 0.6 is 11.3 Å². The molecule has 3 aromatic rings. The van der Waals surface area contributed by atoms with Gasteiger partial charge < -0.3 is 5.32 Å². The van der Waals surface area contributed by atoms with Crippen LogP contribution in [-0.4, -0.2) is 47.1 Å². The zero-order chi connectivity index (χ0) is 20.0. The fraction of sp³-hybridized carbons (Fsp3) is 0.429. The van der Waals surface area contributed by atoms with E-state index in [0.717, 1.165) is 52.7 Å². The fourth-order valence-corrected chi connectivity index (χ4v) is 6.61. The van der Waals surface area contributed by atoms with E-state index in [9.17, 15) is 8.42 Å². The van der Waals surface area contributed by atoms with Gasteiger partial charge in [0, 0.05) is 59.2 Å². The van der Waals surface area contributed by atoms with Crippen molar-refractivity contribution < 1.29 is 8.42 Å². The normalized spacial score (nSPS) is 18.9. The van der Waals surface area contributed by atoms with Crippen molar-refractivity contribution in [1.82, 2.24) is 14.3 Å². The molecule has 1 saturated heterocycles. The van der Waals surface area contributed by atoms with E-state index >= 15 is 0 Å². The van der Waals surface area contributed by atoms with Gasteiger partial charge in [0.2, 0.25) is 10.0 Å². The molecular weight excluding hydrogens is 404 g/mol. The highest BCUT2D eigenvalue weighted by atomic mass is 32.2. The molecule has 1 N–H and O–H groups in total. The van der Waals surface area contributed by atoms with Crippen molar-refractivity contribution in [2.75, 3.05) is 18.4 Å². The van der Waals surface area contributed by atoms with E-state index in [-0.39, 0.29) is 11.3 Å². The monoisotopic (exact) mass is 428 g/mol. The van der Waals surface area contributed by atoms with Gasteiger partial charge in [0.25, 0.3) is 0 Å². The van der Waals surface area contributed by atoms with Crippen LogP contribution in [0.25, 0.3) is 21.3 Å². The van der Waals surface area contributed by atoms with Crippen LogP contribution in [0.1, 0.15) is 30.6 Å². The van der Waals surface area contributed by atoms with Crippen LogP contribution in [0.5, 0.6) is 0 Å². The summed E-state index contributed by atoms with van der Waals surface area (Å²) >= 11 is 1.69. The van der Waals surface area contributed by atoms with E-state index in [1.807, 2.05) is 24.7 Å². The van der Waals surface area contributed by atoms with E-state index in [0.29, 0.717) is 13.1 Å². The van der Waals surface area contributed by atoms with E-state index in [4.69, 9.17) is 0 Å². The Morgan fingerprint density at radius 2 is 1.93 bits per heavy atom. The summed E-state index contributed by atoms with van der Waals surface area (Å²) in [4.78, 5) is 10.0. The van der Waals surface area contributed by atoms with Crippen LogP contribution in [0.4, 0.5) is 5.69 Å². The number of hydrogen-bond donors (Lipinski definition) is 1. The molecule has 6 nitrogen and oxygen atoms in total. The number of pyridine rings is 1. The maximum absolute atomic E-state index is 12.5. The number of thiazole rings is 1. The summed E-state index contributed by atoms with van der Waals surface area (Å²) in [5, 5.41) is 6.76. The zero-order valence-electron chi connectivity index (χ0n) is 16.3. The first-order valence-corrected chi connectivity index (χ1v) is 12.4. The number of rotatable bonds is 5. The number of aromatic nitrogens is 2. The lowest BCUT2D eigenvalue weighted by atomic mass is 10.0. The molecule has 0 amide bonds. The van der Waals surface area contributed by atoms with E-state index in [1.165, 1.54) is 4.88 Å². The second kappa shape index (κ2) is 7.34. The molecule has 0 bridgehead atoms. The number of anilines is 1. The van der Waals surface area contributed by atoms with Crippen molar-refractivity contribution >= 4 is 37.8 Å². The van der Waals surface area contributed by atoms with Crippen LogP contribution in [0.15, 0.2) is 36.8 Å². The van der Waals surface area contributed by atoms with Crippen molar-refractivity contribution in [1.29, 1.82) is 0 Å². The molecule has 2 fully saturated rings. The maximum Gasteiger partial charge on any atom is 0.216 e. The molecule has 152 valence electrons. The molecule has 5 rings (SSSR count). The van der Waals surface area contributed by atoms with Crippen LogP contribution in [0.2, 0.25) is 0 Å². The quantitative estimate of drug-likeness (QED) is 0.664. The van der Waals surface area contributed by atoms with Crippen molar-refractivity contribution in [3.8, 4) is 10.6 Å². The highest BCUT2D eigenvalue weighted by Gasteiger charge is 2.41. The smallest absolute Gasteiger partial charge is 0.216 e. The van der Waals surface area contributed by atoms with E-state index in [2.05, 4.69) is 34.3 Å². The summed E-state index contributed by atoms with van der Waals surface area (Å²) in [6, 6.07) is 6.58. The minimum absolute atomic E-state index is 0.125. The molecule has 0 radical (unpaired) electrons. The van der Waals surface area contributed by atoms with Gasteiger partial charge >= 0.3 is 0 Å². The SMILES string of the molecule is Cc1cnc(-c2cc(NC3CCN(S(=O)(=O)C4CC4)CC3)c3cnccc3c2)s1. The van der Waals surface area contributed by atoms with Crippen molar-refractivity contribution in [3.05, 3.63) is 41.7 Å². The second-order valence-corrected chi connectivity index (χ2v) is 11.4. The lowest BCUT2D eigenvalue weighted by Crippen LogP contribution is -2.43. The molecule has 2 aliphatic rings. The zero-order valence-corrected chi connectivity index (χ0v) is 18.0. The van der Waals surface area contributed by atoms with Gasteiger partial charge in [-0.2, -0.15) is 0 Å². The van der Waals surface area contributed by atoms with Crippen molar-refractivity contribution in [3.63, 3.8) is 0 Å². The maximum atomic E-state index is 12.5. The minimum Gasteiger partial charge on any atom is -0.382 e. The van der Waals surface area contributed by atoms with Gasteiger partial charge in [-0.05, 0) is 56.2 Å². The van der Waals surface area contributed by atoms with Gasteiger partial charge in [-0.1, -0.05) is 0 Å². The summed E-state index contributed by atoms with van der Waals surface area (Å²) in [5.74, 6) is 0. The molecule has 1 aliphatic carbocycles. The molecule has 2 aromatic heterocycles. The number of nitrogens with one attached hydrogen (secondary N) is 1. The average molecular weight is 429 g/mol. The largest absolute Gasteiger partial charge is 0.382 e. The highest BCUT2D eigenvalue weighted by molar-refractivity contribution is 7.90. The van der Waals surface area contributed by atoms with Gasteiger partial charge in [0.15, 0.2) is 0 Å². The molecule has 8 heteroatoms. The Kier molecular flexibility index (Phi) is 4.80. The number of aryl methyl sites for hydroxylation is 1. The standard InChI is InChI=1S/C21H24N4O2S2/c1-14-12-23-21(28-14)16-10-15-4-7-22-13-19(15)20(11-16)24-17-5-8-25(9-6-17)29(26,27)18-2-3-18/h4,7,10-13,17-18,24H,2-3,5-6,8-9H2,1H3. The molecule has 1 aromatic carbocycles. The Labute approximate surface area is 175 Å². The molecule has 1 saturated carbocycles. The molecule has 29 heavy (non-hydrogen) atoms. The molecule has 0 unspecified atom stereocenters. The Morgan fingerprint density at radius 1 is 1.14 bits per heavy atom. The first-order valence-electron chi connectivity index (χ1n) is 10.1. The third-order valence-corrected chi connectivity index (χ3v) is 9.10. The summed E-state index contributed by atoms with van der Waals surface area (Å²) in [5.41, 5.74) is 2.14. The number of fused-ring (bicyclic) bond motifs is 1. The number of sulfonamides is 1. The average Bonchev–Trinajstić information content (AvgIpc) is 3.50. The van der Waals surface area contributed by atoms with Crippen LogP contribution in [0.3, 0.4) is 0 Å². The summed E-state index contributed by atoms with van der Waals surface area (Å²) in [6.45, 7) is 3.25. The van der Waals surface area contributed by atoms with Crippen LogP contribution < -0.4 is 5.32 Å². The Bertz CT molecular complexity index is 1150. The van der Waals surface area contributed by atoms with E-state index < -0.39 is 10.0 Å². The lowest BCUT2D eigenvalue weighted by molar-refractivity contribution is 0.329. The summed E-state index contributed by atoms with van der Waals surface area (Å²) < 4.78 is 26.7. The van der Waals surface area contributed by atoms with Crippen LogP contribution in [-0.2, 0) is 10.0 Å². The predicted octanol–water partition coefficient (Wildman–Crippen LogP) is 4.04.